The largest absolute Gasteiger partial charge is 0.491 e. The van der Waals surface area contributed by atoms with Gasteiger partial charge in [-0.05, 0) is 61.4 Å². The van der Waals surface area contributed by atoms with E-state index in [0.29, 0.717) is 12.6 Å². The standard InChI is InChI=1S/C23H28N2O3/c26-25(27)21-12-10-20(11-13-21)24-16-4-7-22(24)17-28-23-14-8-19(9-15-23)18-5-2-1-3-6-18/h8-15,18,22H,1-7,16-17H2/t22-/m0/s1. The Labute approximate surface area is 166 Å². The predicted octanol–water partition coefficient (Wildman–Crippen LogP) is 5.69. The van der Waals surface area contributed by atoms with Crippen molar-refractivity contribution in [2.24, 2.45) is 0 Å². The summed E-state index contributed by atoms with van der Waals surface area (Å²) < 4.78 is 6.10. The Morgan fingerprint density at radius 3 is 2.32 bits per heavy atom. The molecule has 1 saturated heterocycles. The second-order valence-corrected chi connectivity index (χ2v) is 7.98. The number of nitro benzene ring substituents is 1. The summed E-state index contributed by atoms with van der Waals surface area (Å²) in [6.07, 6.45) is 8.90. The summed E-state index contributed by atoms with van der Waals surface area (Å²) in [5, 5.41) is 10.9. The smallest absolute Gasteiger partial charge is 0.269 e. The quantitative estimate of drug-likeness (QED) is 0.477. The van der Waals surface area contributed by atoms with Crippen molar-refractivity contribution in [2.75, 3.05) is 18.1 Å². The number of hydrogen-bond acceptors (Lipinski definition) is 4. The SMILES string of the molecule is O=[N+]([O-])c1ccc(N2CCC[C@H]2COc2ccc(C3CCCCC3)cc2)cc1. The normalized spacial score (nSPS) is 20.3. The molecule has 28 heavy (non-hydrogen) atoms. The Hall–Kier alpha value is -2.56. The van der Waals surface area contributed by atoms with E-state index in [-0.39, 0.29) is 10.6 Å². The molecule has 2 aliphatic rings. The first-order valence-corrected chi connectivity index (χ1v) is 10.4. The van der Waals surface area contributed by atoms with E-state index in [1.165, 1.54) is 37.7 Å². The number of hydrogen-bond donors (Lipinski definition) is 0. The van der Waals surface area contributed by atoms with Crippen molar-refractivity contribution in [3.8, 4) is 5.75 Å². The lowest BCUT2D eigenvalue weighted by Gasteiger charge is -2.27. The van der Waals surface area contributed by atoms with Crippen LogP contribution in [0, 0.1) is 10.1 Å². The van der Waals surface area contributed by atoms with Gasteiger partial charge in [-0.2, -0.15) is 0 Å². The summed E-state index contributed by atoms with van der Waals surface area (Å²) >= 11 is 0. The molecule has 1 saturated carbocycles. The van der Waals surface area contributed by atoms with Crippen LogP contribution in [0.2, 0.25) is 0 Å². The zero-order valence-electron chi connectivity index (χ0n) is 16.3. The van der Waals surface area contributed by atoms with Gasteiger partial charge < -0.3 is 9.64 Å². The summed E-state index contributed by atoms with van der Waals surface area (Å²) in [7, 11) is 0. The van der Waals surface area contributed by atoms with Gasteiger partial charge in [-0.15, -0.1) is 0 Å². The number of anilines is 1. The molecule has 148 valence electrons. The van der Waals surface area contributed by atoms with Gasteiger partial charge in [0.2, 0.25) is 0 Å². The van der Waals surface area contributed by atoms with Gasteiger partial charge in [-0.3, -0.25) is 10.1 Å². The lowest BCUT2D eigenvalue weighted by molar-refractivity contribution is -0.384. The molecule has 0 aromatic heterocycles. The Morgan fingerprint density at radius 2 is 1.64 bits per heavy atom. The molecular formula is C23H28N2O3. The average Bonchev–Trinajstić information content (AvgIpc) is 3.22. The zero-order valence-corrected chi connectivity index (χ0v) is 16.3. The van der Waals surface area contributed by atoms with E-state index in [1.54, 1.807) is 12.1 Å². The maximum absolute atomic E-state index is 10.9. The third kappa shape index (κ3) is 4.29. The van der Waals surface area contributed by atoms with E-state index < -0.39 is 0 Å². The minimum atomic E-state index is -0.356. The Kier molecular flexibility index (Phi) is 5.79. The Bertz CT molecular complexity index is 782. The van der Waals surface area contributed by atoms with Gasteiger partial charge in [0.25, 0.3) is 5.69 Å². The van der Waals surface area contributed by atoms with E-state index >= 15 is 0 Å². The van der Waals surface area contributed by atoms with Gasteiger partial charge in [0.1, 0.15) is 12.4 Å². The van der Waals surface area contributed by atoms with Crippen LogP contribution in [0.5, 0.6) is 5.75 Å². The third-order valence-electron chi connectivity index (χ3n) is 6.17. The van der Waals surface area contributed by atoms with Crippen LogP contribution < -0.4 is 9.64 Å². The van der Waals surface area contributed by atoms with E-state index in [2.05, 4.69) is 29.2 Å². The highest BCUT2D eigenvalue weighted by atomic mass is 16.6. The summed E-state index contributed by atoms with van der Waals surface area (Å²) in [5.74, 6) is 1.64. The summed E-state index contributed by atoms with van der Waals surface area (Å²) in [6.45, 7) is 1.60. The van der Waals surface area contributed by atoms with Gasteiger partial charge >= 0.3 is 0 Å². The van der Waals surface area contributed by atoms with Crippen LogP contribution in [0.1, 0.15) is 56.4 Å². The fourth-order valence-electron chi connectivity index (χ4n) is 4.58. The molecule has 2 fully saturated rings. The first-order valence-electron chi connectivity index (χ1n) is 10.4. The first-order chi connectivity index (χ1) is 13.7. The molecule has 5 heteroatoms. The van der Waals surface area contributed by atoms with Crippen molar-refractivity contribution in [3.05, 3.63) is 64.2 Å². The lowest BCUT2D eigenvalue weighted by atomic mass is 9.84. The van der Waals surface area contributed by atoms with Crippen molar-refractivity contribution in [2.45, 2.75) is 56.9 Å². The number of ether oxygens (including phenoxy) is 1. The van der Waals surface area contributed by atoms with Crippen molar-refractivity contribution in [3.63, 3.8) is 0 Å². The summed E-state index contributed by atoms with van der Waals surface area (Å²) in [5.41, 5.74) is 2.61. The first kappa shape index (κ1) is 18.8. The maximum Gasteiger partial charge on any atom is 0.269 e. The van der Waals surface area contributed by atoms with Gasteiger partial charge in [0, 0.05) is 24.4 Å². The molecule has 0 spiro atoms. The van der Waals surface area contributed by atoms with Crippen molar-refractivity contribution in [1.29, 1.82) is 0 Å². The lowest BCUT2D eigenvalue weighted by Crippen LogP contribution is -2.34. The molecule has 2 aromatic carbocycles. The van der Waals surface area contributed by atoms with Crippen LogP contribution >= 0.6 is 0 Å². The molecule has 2 aromatic rings. The number of non-ortho nitro benzene ring substituents is 1. The molecule has 1 aliphatic heterocycles. The van der Waals surface area contributed by atoms with Crippen molar-refractivity contribution >= 4 is 11.4 Å². The topological polar surface area (TPSA) is 55.6 Å². The van der Waals surface area contributed by atoms with Crippen LogP contribution in [0.3, 0.4) is 0 Å². The zero-order chi connectivity index (χ0) is 19.3. The average molecular weight is 380 g/mol. The van der Waals surface area contributed by atoms with Crippen LogP contribution in [0.25, 0.3) is 0 Å². The molecule has 1 heterocycles. The van der Waals surface area contributed by atoms with Gasteiger partial charge in [-0.25, -0.2) is 0 Å². The molecule has 5 nitrogen and oxygen atoms in total. The molecule has 0 amide bonds. The molecule has 0 radical (unpaired) electrons. The molecule has 0 bridgehead atoms. The van der Waals surface area contributed by atoms with Gasteiger partial charge in [-0.1, -0.05) is 31.4 Å². The van der Waals surface area contributed by atoms with Gasteiger partial charge in [0.15, 0.2) is 0 Å². The highest BCUT2D eigenvalue weighted by Gasteiger charge is 2.26. The molecular weight excluding hydrogens is 352 g/mol. The molecule has 4 rings (SSSR count). The number of benzene rings is 2. The number of nitrogens with zero attached hydrogens (tertiary/aromatic N) is 2. The van der Waals surface area contributed by atoms with Crippen molar-refractivity contribution < 1.29 is 9.66 Å². The number of nitro groups is 1. The number of rotatable bonds is 6. The third-order valence-corrected chi connectivity index (χ3v) is 6.17. The van der Waals surface area contributed by atoms with Crippen molar-refractivity contribution in [1.82, 2.24) is 0 Å². The van der Waals surface area contributed by atoms with Crippen LogP contribution in [-0.2, 0) is 0 Å². The van der Waals surface area contributed by atoms with Gasteiger partial charge in [0.05, 0.1) is 11.0 Å². The van der Waals surface area contributed by atoms with E-state index in [1.807, 2.05) is 12.1 Å². The van der Waals surface area contributed by atoms with E-state index in [0.717, 1.165) is 36.7 Å². The minimum absolute atomic E-state index is 0.133. The van der Waals surface area contributed by atoms with E-state index in [9.17, 15) is 10.1 Å². The second-order valence-electron chi connectivity index (χ2n) is 7.98. The fourth-order valence-corrected chi connectivity index (χ4v) is 4.58. The molecule has 0 unspecified atom stereocenters. The monoisotopic (exact) mass is 380 g/mol. The second kappa shape index (κ2) is 8.63. The Balaban J connectivity index is 1.35. The summed E-state index contributed by atoms with van der Waals surface area (Å²) in [4.78, 5) is 12.8. The maximum atomic E-state index is 10.9. The fraction of sp³-hybridized carbons (Fsp3) is 0.478. The van der Waals surface area contributed by atoms with Crippen LogP contribution in [0.15, 0.2) is 48.5 Å². The molecule has 1 aliphatic carbocycles. The predicted molar refractivity (Wildman–Crippen MR) is 111 cm³/mol. The molecule has 0 N–H and O–H groups in total. The highest BCUT2D eigenvalue weighted by Crippen LogP contribution is 2.33. The van der Waals surface area contributed by atoms with Crippen LogP contribution in [-0.4, -0.2) is 24.1 Å². The molecule has 1 atom stereocenters. The van der Waals surface area contributed by atoms with E-state index in [4.69, 9.17) is 4.74 Å². The highest BCUT2D eigenvalue weighted by molar-refractivity contribution is 5.52. The summed E-state index contributed by atoms with van der Waals surface area (Å²) in [6, 6.07) is 15.8. The minimum Gasteiger partial charge on any atom is -0.491 e. The Morgan fingerprint density at radius 1 is 0.929 bits per heavy atom. The van der Waals surface area contributed by atoms with Crippen LogP contribution in [0.4, 0.5) is 11.4 Å².